The van der Waals surface area contributed by atoms with Gasteiger partial charge in [0.1, 0.15) is 5.82 Å². The van der Waals surface area contributed by atoms with Crippen molar-refractivity contribution in [1.82, 2.24) is 9.55 Å². The van der Waals surface area contributed by atoms with Crippen LogP contribution in [0.25, 0.3) is 11.0 Å². The van der Waals surface area contributed by atoms with Crippen LogP contribution >= 0.6 is 23.2 Å². The minimum atomic E-state index is 0.385. The van der Waals surface area contributed by atoms with Crippen LogP contribution in [0.1, 0.15) is 5.82 Å². The largest absolute Gasteiger partial charge is 0.383 e. The van der Waals surface area contributed by atoms with Gasteiger partial charge >= 0.3 is 0 Å². The normalized spacial score (nSPS) is 11.2. The Hall–Kier alpha value is -0.770. The summed E-state index contributed by atoms with van der Waals surface area (Å²) in [5.41, 5.74) is 1.91. The van der Waals surface area contributed by atoms with E-state index in [0.717, 1.165) is 23.4 Å². The third-order valence-corrected chi connectivity index (χ3v) is 2.90. The van der Waals surface area contributed by atoms with Crippen molar-refractivity contribution in [1.29, 1.82) is 0 Å². The van der Waals surface area contributed by atoms with E-state index in [9.17, 15) is 0 Å². The second kappa shape index (κ2) is 5.04. The predicted molar refractivity (Wildman–Crippen MR) is 66.2 cm³/mol. The van der Waals surface area contributed by atoms with Crippen LogP contribution in [-0.4, -0.2) is 23.3 Å². The Bertz CT molecular complexity index is 496. The third kappa shape index (κ3) is 2.17. The number of rotatable bonds is 4. The molecule has 0 N–H and O–H groups in total. The summed E-state index contributed by atoms with van der Waals surface area (Å²) in [4.78, 5) is 4.44. The van der Waals surface area contributed by atoms with Crippen molar-refractivity contribution in [3.05, 3.63) is 29.0 Å². The fraction of sp³-hybridized carbons (Fsp3) is 0.364. The molecule has 86 valence electrons. The number of ether oxygens (including phenoxy) is 1. The Balaban J connectivity index is 2.50. The summed E-state index contributed by atoms with van der Waals surface area (Å²) in [6, 6.07) is 5.65. The zero-order chi connectivity index (χ0) is 11.5. The summed E-state index contributed by atoms with van der Waals surface area (Å²) in [6.07, 6.45) is 0. The van der Waals surface area contributed by atoms with Crippen LogP contribution in [0.2, 0.25) is 5.02 Å². The minimum Gasteiger partial charge on any atom is -0.383 e. The van der Waals surface area contributed by atoms with Crippen LogP contribution in [0.5, 0.6) is 0 Å². The molecule has 0 aliphatic carbocycles. The van der Waals surface area contributed by atoms with Crippen molar-refractivity contribution in [3.8, 4) is 0 Å². The lowest BCUT2D eigenvalue weighted by molar-refractivity contribution is 0.187. The number of aromatic nitrogens is 2. The van der Waals surface area contributed by atoms with Crippen molar-refractivity contribution >= 4 is 34.2 Å². The first-order valence-corrected chi connectivity index (χ1v) is 5.87. The molecule has 2 rings (SSSR count). The Kier molecular flexibility index (Phi) is 3.69. The van der Waals surface area contributed by atoms with Gasteiger partial charge in [-0.25, -0.2) is 4.98 Å². The van der Waals surface area contributed by atoms with E-state index in [1.165, 1.54) is 0 Å². The van der Waals surface area contributed by atoms with E-state index < -0.39 is 0 Å². The number of benzene rings is 1. The molecule has 0 spiro atoms. The number of imidazole rings is 1. The monoisotopic (exact) mass is 258 g/mol. The molecule has 0 saturated heterocycles. The predicted octanol–water partition coefficient (Wildman–Crippen LogP) is 3.07. The van der Waals surface area contributed by atoms with Gasteiger partial charge in [-0.1, -0.05) is 11.6 Å². The lowest BCUT2D eigenvalue weighted by atomic mass is 10.3. The van der Waals surface area contributed by atoms with Crippen LogP contribution in [0.3, 0.4) is 0 Å². The van der Waals surface area contributed by atoms with E-state index in [1.54, 1.807) is 7.11 Å². The number of halogens is 2. The zero-order valence-electron chi connectivity index (χ0n) is 8.91. The molecule has 16 heavy (non-hydrogen) atoms. The number of nitrogens with zero attached hydrogens (tertiary/aromatic N) is 2. The quantitative estimate of drug-likeness (QED) is 0.789. The molecule has 1 aromatic heterocycles. The molecule has 0 aliphatic heterocycles. The van der Waals surface area contributed by atoms with Gasteiger partial charge in [-0.15, -0.1) is 11.6 Å². The Morgan fingerprint density at radius 2 is 2.25 bits per heavy atom. The van der Waals surface area contributed by atoms with Crippen molar-refractivity contribution in [2.75, 3.05) is 13.7 Å². The van der Waals surface area contributed by atoms with Gasteiger partial charge < -0.3 is 9.30 Å². The summed E-state index contributed by atoms with van der Waals surface area (Å²) in [6.45, 7) is 1.38. The van der Waals surface area contributed by atoms with Crippen LogP contribution in [0.15, 0.2) is 18.2 Å². The summed E-state index contributed by atoms with van der Waals surface area (Å²) in [5.74, 6) is 1.23. The highest BCUT2D eigenvalue weighted by Gasteiger charge is 2.09. The molecular formula is C11H12Cl2N2O. The number of methoxy groups -OCH3 is 1. The Morgan fingerprint density at radius 3 is 2.94 bits per heavy atom. The first-order chi connectivity index (χ1) is 7.76. The maximum absolute atomic E-state index is 5.92. The van der Waals surface area contributed by atoms with Gasteiger partial charge in [-0.2, -0.15) is 0 Å². The standard InChI is InChI=1S/C11H12Cl2N2O/c1-16-5-4-15-10-3-2-8(13)6-9(10)14-11(15)7-12/h2-3,6H,4-5,7H2,1H3. The molecule has 0 unspecified atom stereocenters. The van der Waals surface area contributed by atoms with E-state index in [1.807, 2.05) is 18.2 Å². The minimum absolute atomic E-state index is 0.385. The van der Waals surface area contributed by atoms with Gasteiger partial charge in [0, 0.05) is 18.7 Å². The second-order valence-electron chi connectivity index (χ2n) is 3.44. The van der Waals surface area contributed by atoms with E-state index in [4.69, 9.17) is 27.9 Å². The molecule has 1 heterocycles. The molecule has 3 nitrogen and oxygen atoms in total. The fourth-order valence-corrected chi connectivity index (χ4v) is 2.06. The van der Waals surface area contributed by atoms with E-state index in [0.29, 0.717) is 17.5 Å². The molecule has 0 amide bonds. The Morgan fingerprint density at radius 1 is 1.44 bits per heavy atom. The molecule has 0 fully saturated rings. The van der Waals surface area contributed by atoms with Crippen molar-refractivity contribution in [2.24, 2.45) is 0 Å². The van der Waals surface area contributed by atoms with Crippen LogP contribution in [0.4, 0.5) is 0 Å². The van der Waals surface area contributed by atoms with E-state index in [2.05, 4.69) is 9.55 Å². The number of fused-ring (bicyclic) bond motifs is 1. The van der Waals surface area contributed by atoms with Crippen molar-refractivity contribution in [3.63, 3.8) is 0 Å². The maximum Gasteiger partial charge on any atom is 0.124 e. The highest BCUT2D eigenvalue weighted by atomic mass is 35.5. The number of hydrogen-bond donors (Lipinski definition) is 0. The van der Waals surface area contributed by atoms with Gasteiger partial charge in [0.2, 0.25) is 0 Å². The van der Waals surface area contributed by atoms with Gasteiger partial charge in [-0.3, -0.25) is 0 Å². The van der Waals surface area contributed by atoms with Crippen LogP contribution < -0.4 is 0 Å². The molecule has 5 heteroatoms. The third-order valence-electron chi connectivity index (χ3n) is 2.43. The smallest absolute Gasteiger partial charge is 0.124 e. The number of hydrogen-bond acceptors (Lipinski definition) is 2. The molecule has 0 atom stereocenters. The average Bonchev–Trinajstić information content (AvgIpc) is 2.63. The summed E-state index contributed by atoms with van der Waals surface area (Å²) in [7, 11) is 1.68. The summed E-state index contributed by atoms with van der Waals surface area (Å²) < 4.78 is 7.13. The highest BCUT2D eigenvalue weighted by molar-refractivity contribution is 6.31. The van der Waals surface area contributed by atoms with Crippen molar-refractivity contribution in [2.45, 2.75) is 12.4 Å². The first-order valence-electron chi connectivity index (χ1n) is 4.96. The average molecular weight is 259 g/mol. The summed E-state index contributed by atoms with van der Waals surface area (Å²) in [5, 5.41) is 0.685. The second-order valence-corrected chi connectivity index (χ2v) is 4.14. The van der Waals surface area contributed by atoms with E-state index >= 15 is 0 Å². The number of alkyl halides is 1. The molecule has 1 aromatic carbocycles. The van der Waals surface area contributed by atoms with Crippen molar-refractivity contribution < 1.29 is 4.74 Å². The summed E-state index contributed by atoms with van der Waals surface area (Å²) >= 11 is 11.8. The first kappa shape index (κ1) is 11.7. The van der Waals surface area contributed by atoms with Gasteiger partial charge in [-0.05, 0) is 18.2 Å². The molecule has 0 radical (unpaired) electrons. The molecule has 0 bridgehead atoms. The molecular weight excluding hydrogens is 247 g/mol. The highest BCUT2D eigenvalue weighted by Crippen LogP contribution is 2.21. The fourth-order valence-electron chi connectivity index (χ4n) is 1.69. The molecule has 0 aliphatic rings. The SMILES string of the molecule is COCCn1c(CCl)nc2cc(Cl)ccc21. The Labute approximate surface area is 104 Å². The van der Waals surface area contributed by atoms with Crippen LogP contribution in [-0.2, 0) is 17.2 Å². The molecule has 0 saturated carbocycles. The van der Waals surface area contributed by atoms with Gasteiger partial charge in [0.05, 0.1) is 23.5 Å². The maximum atomic E-state index is 5.92. The van der Waals surface area contributed by atoms with Gasteiger partial charge in [0.15, 0.2) is 0 Å². The topological polar surface area (TPSA) is 27.1 Å². The zero-order valence-corrected chi connectivity index (χ0v) is 10.4. The van der Waals surface area contributed by atoms with Gasteiger partial charge in [0.25, 0.3) is 0 Å². The molecule has 2 aromatic rings. The van der Waals surface area contributed by atoms with Crippen LogP contribution in [0, 0.1) is 0 Å². The lowest BCUT2D eigenvalue weighted by Gasteiger charge is -2.06. The van der Waals surface area contributed by atoms with E-state index in [-0.39, 0.29) is 0 Å². The lowest BCUT2D eigenvalue weighted by Crippen LogP contribution is -2.07.